The lowest BCUT2D eigenvalue weighted by Gasteiger charge is -1.67. The number of hydrogen-bond donors (Lipinski definition) is 0. The van der Waals surface area contributed by atoms with E-state index in [4.69, 9.17) is 14.9 Å². The zero-order valence-electron chi connectivity index (χ0n) is 2.55. The lowest BCUT2D eigenvalue weighted by molar-refractivity contribution is -0.384. The molecule has 0 spiro atoms. The van der Waals surface area contributed by atoms with Crippen molar-refractivity contribution in [3.8, 4) is 0 Å². The number of nitrogens with zero attached hydrogens (tertiary/aromatic N) is 1. The number of halogens is 1. The van der Waals surface area contributed by atoms with Gasteiger partial charge in [-0.25, -0.2) is 0 Å². The Kier molecular flexibility index (Phi) is 1.20. The van der Waals surface area contributed by atoms with E-state index in [9.17, 15) is 4.39 Å². The van der Waals surface area contributed by atoms with Crippen LogP contribution in [0.2, 0.25) is 0 Å². The summed E-state index contributed by atoms with van der Waals surface area (Å²) in [6.45, 7) is 0. The first-order chi connectivity index (χ1) is 2.64. The summed E-state index contributed by atoms with van der Waals surface area (Å²) in [4.78, 5) is 15.9. The van der Waals surface area contributed by atoms with Crippen molar-refractivity contribution in [2.75, 3.05) is 0 Å². The maximum absolute atomic E-state index is 10.5. The van der Waals surface area contributed by atoms with Gasteiger partial charge in [-0.05, 0) is 0 Å². The van der Waals surface area contributed by atoms with E-state index in [1.54, 1.807) is 0 Å². The lowest BCUT2D eigenvalue weighted by Crippen LogP contribution is -1.99. The Bertz CT molecular complexity index is 76.8. The molecular formula is CFNO3. The van der Waals surface area contributed by atoms with Gasteiger partial charge in [-0.3, -0.25) is 10.1 Å². The molecule has 0 saturated carbocycles. The number of nitro groups is 1. The van der Waals surface area contributed by atoms with Crippen LogP contribution in [0, 0.1) is 10.1 Å². The quantitative estimate of drug-likeness (QED) is 0.188. The molecule has 0 unspecified atom stereocenters. The molecular weight excluding hydrogens is 93.0 g/mol. The highest BCUT2D eigenvalue weighted by atomic mass is 19.1. The molecule has 0 aromatic rings. The van der Waals surface area contributed by atoms with Crippen LogP contribution in [-0.2, 0) is 0 Å². The normalized spacial score (nSPS) is 7.50. The number of hydrogen-bond acceptors (Lipinski definition) is 3. The van der Waals surface area contributed by atoms with Crippen LogP contribution in [0.15, 0.2) is 0 Å². The third-order valence-electron chi connectivity index (χ3n) is 0.144. The summed E-state index contributed by atoms with van der Waals surface area (Å²) in [6.07, 6.45) is -2.52. The molecule has 34 valence electrons. The fourth-order valence-corrected chi connectivity index (χ4v) is 0. The van der Waals surface area contributed by atoms with Gasteiger partial charge in [0.1, 0.15) is 4.92 Å². The Labute approximate surface area is 31.7 Å². The zero-order valence-corrected chi connectivity index (χ0v) is 2.55. The maximum atomic E-state index is 10.5. The number of carbonyl (C=O) groups excluding carboxylic acids is 1. The minimum absolute atomic E-state index is 1.64. The molecule has 1 amide bonds. The van der Waals surface area contributed by atoms with Crippen LogP contribution in [0.3, 0.4) is 0 Å². The van der Waals surface area contributed by atoms with E-state index in [0.29, 0.717) is 0 Å². The van der Waals surface area contributed by atoms with E-state index >= 15 is 0 Å². The van der Waals surface area contributed by atoms with Crippen LogP contribution in [0.25, 0.3) is 0 Å². The monoisotopic (exact) mass is 93.0 g/mol. The second-order valence-corrected chi connectivity index (χ2v) is 0.510. The van der Waals surface area contributed by atoms with Crippen molar-refractivity contribution in [1.29, 1.82) is 0 Å². The second kappa shape index (κ2) is 1.44. The Morgan fingerprint density at radius 3 is 2.00 bits per heavy atom. The summed E-state index contributed by atoms with van der Waals surface area (Å²) in [5, 5.41) is 8.78. The molecule has 5 heteroatoms. The molecule has 4 nitrogen and oxygen atoms in total. The summed E-state index contributed by atoms with van der Waals surface area (Å²) in [7, 11) is 0. The minimum Gasteiger partial charge on any atom is -0.254 e. The molecule has 0 atom stereocenters. The molecule has 6 heavy (non-hydrogen) atoms. The van der Waals surface area contributed by atoms with Gasteiger partial charge in [0.25, 0.3) is 0 Å². The van der Waals surface area contributed by atoms with Crippen molar-refractivity contribution in [3.05, 3.63) is 10.1 Å². The molecule has 0 saturated heterocycles. The van der Waals surface area contributed by atoms with Gasteiger partial charge in [-0.1, -0.05) is 4.39 Å². The highest BCUT2D eigenvalue weighted by Crippen LogP contribution is 1.73. The van der Waals surface area contributed by atoms with Crippen LogP contribution < -0.4 is 0 Å². The molecule has 0 aliphatic heterocycles. The lowest BCUT2D eigenvalue weighted by atomic mass is 11.3. The Morgan fingerprint density at radius 1 is 1.83 bits per heavy atom. The van der Waals surface area contributed by atoms with Crippen molar-refractivity contribution < 1.29 is 14.1 Å². The molecule has 0 aromatic carbocycles. The molecule has 0 N–H and O–H groups in total. The molecule has 0 fully saturated rings. The number of rotatable bonds is 0. The number of carbonyl (C=O) groups is 1. The summed E-state index contributed by atoms with van der Waals surface area (Å²) >= 11 is 0. The highest BCUT2D eigenvalue weighted by molar-refractivity contribution is 5.55. The highest BCUT2D eigenvalue weighted by Gasteiger charge is 2.09. The van der Waals surface area contributed by atoms with Gasteiger partial charge in [-0.2, -0.15) is 4.79 Å². The van der Waals surface area contributed by atoms with Crippen molar-refractivity contribution in [2.24, 2.45) is 0 Å². The summed E-state index contributed by atoms with van der Waals surface area (Å²) < 4.78 is 10.5. The first kappa shape index (κ1) is 5.00. The van der Waals surface area contributed by atoms with Crippen molar-refractivity contribution in [1.82, 2.24) is 0 Å². The third-order valence-corrected chi connectivity index (χ3v) is 0.144. The first-order valence-electron chi connectivity index (χ1n) is 0.982. The SMILES string of the molecule is O=C(F)[N+](=O)[O-]. The maximum Gasteiger partial charge on any atom is 0.645 e. The van der Waals surface area contributed by atoms with E-state index in [1.165, 1.54) is 0 Å². The summed E-state index contributed by atoms with van der Waals surface area (Å²) in [5.41, 5.74) is 0. The van der Waals surface area contributed by atoms with Gasteiger partial charge >= 0.3 is 6.16 Å². The number of amides is 1. The van der Waals surface area contributed by atoms with Gasteiger partial charge < -0.3 is 0 Å². The molecule has 0 aromatic heterocycles. The topological polar surface area (TPSA) is 60.2 Å². The van der Waals surface area contributed by atoms with Crippen LogP contribution >= 0.6 is 0 Å². The van der Waals surface area contributed by atoms with E-state index in [-0.39, 0.29) is 0 Å². The van der Waals surface area contributed by atoms with E-state index in [2.05, 4.69) is 0 Å². The summed E-state index contributed by atoms with van der Waals surface area (Å²) in [6, 6.07) is 0. The van der Waals surface area contributed by atoms with Gasteiger partial charge in [0.05, 0.1) is 0 Å². The van der Waals surface area contributed by atoms with Crippen molar-refractivity contribution >= 4 is 6.16 Å². The van der Waals surface area contributed by atoms with Crippen LogP contribution in [-0.4, -0.2) is 11.1 Å². The van der Waals surface area contributed by atoms with Crippen LogP contribution in [0.5, 0.6) is 0 Å². The molecule has 0 heterocycles. The fraction of sp³-hybridized carbons (Fsp3) is 0. The minimum atomic E-state index is -2.52. The standard InChI is InChI=1S/CFNO3/c2-1(4)3(5)6. The fourth-order valence-electron chi connectivity index (χ4n) is 0. The Balaban J connectivity index is 3.57. The molecule has 0 rings (SSSR count). The zero-order chi connectivity index (χ0) is 5.15. The van der Waals surface area contributed by atoms with Gasteiger partial charge in [0.2, 0.25) is 0 Å². The predicted octanol–water partition coefficient (Wildman–Crippen LogP) is 0.353. The van der Waals surface area contributed by atoms with Crippen molar-refractivity contribution in [2.45, 2.75) is 0 Å². The smallest absolute Gasteiger partial charge is 0.254 e. The molecule has 0 radical (unpaired) electrons. The predicted molar refractivity (Wildman–Crippen MR) is 13.5 cm³/mol. The van der Waals surface area contributed by atoms with E-state index < -0.39 is 11.1 Å². The van der Waals surface area contributed by atoms with Gasteiger partial charge in [-0.15, -0.1) is 0 Å². The Morgan fingerprint density at radius 2 is 2.00 bits per heavy atom. The second-order valence-electron chi connectivity index (χ2n) is 0.510. The third kappa shape index (κ3) is 1.33. The molecule has 0 bridgehead atoms. The van der Waals surface area contributed by atoms with E-state index in [1.807, 2.05) is 0 Å². The first-order valence-corrected chi connectivity index (χ1v) is 0.982. The van der Waals surface area contributed by atoms with Gasteiger partial charge in [0, 0.05) is 0 Å². The van der Waals surface area contributed by atoms with Crippen molar-refractivity contribution in [3.63, 3.8) is 0 Å². The summed E-state index contributed by atoms with van der Waals surface area (Å²) in [5.74, 6) is 0. The average Bonchev–Trinajstić information content (AvgIpc) is 1.36. The Hall–Kier alpha value is -1.00. The van der Waals surface area contributed by atoms with Crippen LogP contribution in [0.1, 0.15) is 0 Å². The van der Waals surface area contributed by atoms with Crippen LogP contribution in [0.4, 0.5) is 9.18 Å². The van der Waals surface area contributed by atoms with Gasteiger partial charge in [0.15, 0.2) is 0 Å². The molecule has 0 aliphatic carbocycles. The van der Waals surface area contributed by atoms with E-state index in [0.717, 1.165) is 0 Å². The largest absolute Gasteiger partial charge is 0.645 e. The average molecular weight is 93.0 g/mol. The molecule has 0 aliphatic rings.